The fourth-order valence-corrected chi connectivity index (χ4v) is 5.20. The highest BCUT2D eigenvalue weighted by Gasteiger charge is 2.34. The molecule has 0 amide bonds. The summed E-state index contributed by atoms with van der Waals surface area (Å²) in [5.41, 5.74) is 6.24. The second kappa shape index (κ2) is 6.67. The highest BCUT2D eigenvalue weighted by atomic mass is 79.9. The smallest absolute Gasteiger partial charge is 0.245 e. The molecule has 0 heterocycles. The van der Waals surface area contributed by atoms with Crippen LogP contribution in [0, 0.1) is 5.92 Å². The Hall–Kier alpha value is -0.590. The van der Waals surface area contributed by atoms with Gasteiger partial charge in [0.1, 0.15) is 4.90 Å². The van der Waals surface area contributed by atoms with Gasteiger partial charge in [-0.15, -0.1) is 0 Å². The molecule has 0 bridgehead atoms. The van der Waals surface area contributed by atoms with E-state index in [4.69, 9.17) is 5.73 Å². The Kier molecular flexibility index (Phi) is 5.33. The van der Waals surface area contributed by atoms with E-state index in [-0.39, 0.29) is 16.9 Å². The van der Waals surface area contributed by atoms with Crippen LogP contribution in [0.25, 0.3) is 0 Å². The molecule has 0 saturated heterocycles. The van der Waals surface area contributed by atoms with Crippen LogP contribution in [0.1, 0.15) is 39.5 Å². The lowest BCUT2D eigenvalue weighted by Gasteiger charge is -2.30. The second-order valence-corrected chi connectivity index (χ2v) is 8.86. The first kappa shape index (κ1) is 16.8. The third kappa shape index (κ3) is 3.79. The average Bonchev–Trinajstić information content (AvgIpc) is 2.88. The summed E-state index contributed by atoms with van der Waals surface area (Å²) >= 11 is 3.32. The zero-order valence-corrected chi connectivity index (χ0v) is 15.0. The predicted octanol–water partition coefficient (Wildman–Crippen LogP) is 3.62. The van der Waals surface area contributed by atoms with E-state index in [1.165, 1.54) is 0 Å². The molecule has 2 N–H and O–H groups in total. The average molecular weight is 375 g/mol. The third-order valence-electron chi connectivity index (χ3n) is 3.84. The summed E-state index contributed by atoms with van der Waals surface area (Å²) in [5, 5.41) is 0. The molecule has 118 valence electrons. The van der Waals surface area contributed by atoms with Crippen LogP contribution in [0.2, 0.25) is 0 Å². The van der Waals surface area contributed by atoms with E-state index in [1.807, 2.05) is 13.8 Å². The van der Waals surface area contributed by atoms with Crippen molar-refractivity contribution in [3.63, 3.8) is 0 Å². The Balaban J connectivity index is 2.40. The van der Waals surface area contributed by atoms with Gasteiger partial charge in [-0.2, -0.15) is 4.31 Å². The summed E-state index contributed by atoms with van der Waals surface area (Å²) in [4.78, 5) is 0.221. The molecule has 1 fully saturated rings. The minimum atomic E-state index is -3.54. The van der Waals surface area contributed by atoms with Crippen molar-refractivity contribution in [2.24, 2.45) is 5.92 Å². The second-order valence-electron chi connectivity index (χ2n) is 6.09. The van der Waals surface area contributed by atoms with Gasteiger partial charge in [-0.25, -0.2) is 8.42 Å². The Morgan fingerprint density at radius 3 is 2.48 bits per heavy atom. The number of nitrogens with zero attached hydrogens (tertiary/aromatic N) is 1. The van der Waals surface area contributed by atoms with Crippen LogP contribution >= 0.6 is 15.9 Å². The normalized spacial score (nSPS) is 17.0. The van der Waals surface area contributed by atoms with Crippen molar-refractivity contribution in [3.05, 3.63) is 22.7 Å². The molecule has 0 radical (unpaired) electrons. The van der Waals surface area contributed by atoms with Gasteiger partial charge in [0.15, 0.2) is 0 Å². The fourth-order valence-electron chi connectivity index (χ4n) is 2.88. The summed E-state index contributed by atoms with van der Waals surface area (Å²) in [6.45, 7) is 4.63. The van der Waals surface area contributed by atoms with Crippen molar-refractivity contribution < 1.29 is 8.42 Å². The maximum absolute atomic E-state index is 13.0. The van der Waals surface area contributed by atoms with Gasteiger partial charge in [0.25, 0.3) is 0 Å². The fraction of sp³-hybridized carbons (Fsp3) is 0.600. The summed E-state index contributed by atoms with van der Waals surface area (Å²) in [6, 6.07) is 5.08. The van der Waals surface area contributed by atoms with Gasteiger partial charge in [-0.3, -0.25) is 0 Å². The molecule has 0 aromatic heterocycles. The van der Waals surface area contributed by atoms with Crippen LogP contribution in [0.4, 0.5) is 5.69 Å². The molecule has 0 spiro atoms. The maximum atomic E-state index is 13.0. The first-order chi connectivity index (χ1) is 9.82. The largest absolute Gasteiger partial charge is 0.398 e. The van der Waals surface area contributed by atoms with Gasteiger partial charge < -0.3 is 5.73 Å². The number of nitrogens with two attached hydrogens (primary N) is 1. The first-order valence-corrected chi connectivity index (χ1v) is 9.62. The molecular weight excluding hydrogens is 352 g/mol. The molecule has 4 nitrogen and oxygen atoms in total. The Bertz CT molecular complexity index is 596. The van der Waals surface area contributed by atoms with Crippen molar-refractivity contribution in [2.75, 3.05) is 12.3 Å². The van der Waals surface area contributed by atoms with Crippen molar-refractivity contribution >= 4 is 31.6 Å². The van der Waals surface area contributed by atoms with Crippen LogP contribution in [0.15, 0.2) is 27.6 Å². The van der Waals surface area contributed by atoms with Gasteiger partial charge in [0.05, 0.1) is 5.69 Å². The van der Waals surface area contributed by atoms with Gasteiger partial charge in [-0.1, -0.05) is 42.6 Å². The lowest BCUT2D eigenvalue weighted by Crippen LogP contribution is -2.41. The number of rotatable bonds is 5. The highest BCUT2D eigenvalue weighted by molar-refractivity contribution is 9.10. The van der Waals surface area contributed by atoms with E-state index in [1.54, 1.807) is 22.5 Å². The monoisotopic (exact) mass is 374 g/mol. The Morgan fingerprint density at radius 1 is 1.33 bits per heavy atom. The highest BCUT2D eigenvalue weighted by Crippen LogP contribution is 2.32. The van der Waals surface area contributed by atoms with Crippen molar-refractivity contribution in [1.82, 2.24) is 4.31 Å². The predicted molar refractivity (Wildman–Crippen MR) is 89.5 cm³/mol. The molecule has 1 aliphatic carbocycles. The number of benzene rings is 1. The van der Waals surface area contributed by atoms with E-state index < -0.39 is 10.0 Å². The van der Waals surface area contributed by atoms with E-state index >= 15 is 0 Å². The molecule has 0 unspecified atom stereocenters. The quantitative estimate of drug-likeness (QED) is 0.800. The van der Waals surface area contributed by atoms with Crippen molar-refractivity contribution in [3.8, 4) is 0 Å². The number of anilines is 1. The molecule has 1 aliphatic rings. The van der Waals surface area contributed by atoms with E-state index in [0.29, 0.717) is 12.2 Å². The number of sulfonamides is 1. The van der Waals surface area contributed by atoms with Crippen molar-refractivity contribution in [1.29, 1.82) is 0 Å². The van der Waals surface area contributed by atoms with Crippen LogP contribution in [-0.4, -0.2) is 25.3 Å². The molecule has 2 rings (SSSR count). The molecule has 6 heteroatoms. The molecule has 1 aromatic carbocycles. The lowest BCUT2D eigenvalue weighted by molar-refractivity contribution is 0.292. The third-order valence-corrected chi connectivity index (χ3v) is 6.32. The number of halogens is 1. The van der Waals surface area contributed by atoms with Crippen LogP contribution < -0.4 is 5.73 Å². The van der Waals surface area contributed by atoms with Gasteiger partial charge >= 0.3 is 0 Å². The van der Waals surface area contributed by atoms with Gasteiger partial charge in [0, 0.05) is 17.1 Å². The molecule has 0 atom stereocenters. The molecule has 1 aromatic rings. The SMILES string of the molecule is CC(C)CN(C1CCCC1)S(=O)(=O)c1ccc(Br)cc1N. The number of hydrogen-bond donors (Lipinski definition) is 1. The molecular formula is C15H23BrN2O2S. The maximum Gasteiger partial charge on any atom is 0.245 e. The number of nitrogen functional groups attached to an aromatic ring is 1. The molecule has 21 heavy (non-hydrogen) atoms. The van der Waals surface area contributed by atoms with Crippen LogP contribution in [0.5, 0.6) is 0 Å². The Labute approximate surface area is 135 Å². The van der Waals surface area contributed by atoms with E-state index in [9.17, 15) is 8.42 Å². The first-order valence-electron chi connectivity index (χ1n) is 7.39. The zero-order chi connectivity index (χ0) is 15.6. The summed E-state index contributed by atoms with van der Waals surface area (Å²) < 4.78 is 28.5. The minimum absolute atomic E-state index is 0.112. The van der Waals surface area contributed by atoms with Crippen LogP contribution in [-0.2, 0) is 10.0 Å². The molecule has 0 aliphatic heterocycles. The minimum Gasteiger partial charge on any atom is -0.398 e. The lowest BCUT2D eigenvalue weighted by atomic mass is 10.2. The molecule has 1 saturated carbocycles. The summed E-state index contributed by atoms with van der Waals surface area (Å²) in [7, 11) is -3.54. The van der Waals surface area contributed by atoms with Gasteiger partial charge in [0.2, 0.25) is 10.0 Å². The number of hydrogen-bond acceptors (Lipinski definition) is 3. The zero-order valence-electron chi connectivity index (χ0n) is 12.5. The van der Waals surface area contributed by atoms with E-state index in [0.717, 1.165) is 30.2 Å². The summed E-state index contributed by atoms with van der Waals surface area (Å²) in [5.74, 6) is 0.289. The van der Waals surface area contributed by atoms with Crippen LogP contribution in [0.3, 0.4) is 0 Å². The van der Waals surface area contributed by atoms with Crippen molar-refractivity contribution in [2.45, 2.75) is 50.5 Å². The topological polar surface area (TPSA) is 63.4 Å². The van der Waals surface area contributed by atoms with Gasteiger partial charge in [-0.05, 0) is 37.0 Å². The Morgan fingerprint density at radius 2 is 1.95 bits per heavy atom. The standard InChI is InChI=1S/C15H23BrN2O2S/c1-11(2)10-18(13-5-3-4-6-13)21(19,20)15-8-7-12(16)9-14(15)17/h7-9,11,13H,3-6,10,17H2,1-2H3. The van der Waals surface area contributed by atoms with E-state index in [2.05, 4.69) is 15.9 Å². The summed E-state index contributed by atoms with van der Waals surface area (Å²) in [6.07, 6.45) is 4.10.